The molecule has 0 saturated heterocycles. The maximum Gasteiger partial charge on any atom is 0.251 e. The number of amides is 1. The molecule has 0 aliphatic carbocycles. The van der Waals surface area contributed by atoms with Crippen molar-refractivity contribution in [2.45, 2.75) is 33.4 Å². The lowest BCUT2D eigenvalue weighted by Gasteiger charge is -2.12. The predicted molar refractivity (Wildman–Crippen MR) is 123 cm³/mol. The summed E-state index contributed by atoms with van der Waals surface area (Å²) in [5, 5.41) is 2.99. The molecule has 1 aromatic heterocycles. The second-order valence-corrected chi connectivity index (χ2v) is 7.56. The van der Waals surface area contributed by atoms with E-state index in [1.54, 1.807) is 0 Å². The monoisotopic (exact) mass is 413 g/mol. The molecule has 1 amide bonds. The van der Waals surface area contributed by atoms with Gasteiger partial charge in [-0.15, -0.1) is 0 Å². The highest BCUT2D eigenvalue weighted by molar-refractivity contribution is 5.94. The number of carbonyl (C=O) groups excluding carboxylic acids is 1. The maximum atomic E-state index is 12.5. The summed E-state index contributed by atoms with van der Waals surface area (Å²) in [6.45, 7) is 5.66. The molecule has 31 heavy (non-hydrogen) atoms. The molecule has 158 valence electrons. The molecular formula is C26H27N3O2. The summed E-state index contributed by atoms with van der Waals surface area (Å²) in [6.07, 6.45) is 1.01. The molecule has 0 aliphatic heterocycles. The van der Waals surface area contributed by atoms with Gasteiger partial charge in [-0.05, 0) is 55.3 Å². The maximum absolute atomic E-state index is 12.5. The third kappa shape index (κ3) is 4.94. The summed E-state index contributed by atoms with van der Waals surface area (Å²) in [4.78, 5) is 17.3. The molecule has 0 unspecified atom stereocenters. The summed E-state index contributed by atoms with van der Waals surface area (Å²) in [5.41, 5.74) is 5.01. The van der Waals surface area contributed by atoms with Crippen molar-refractivity contribution < 1.29 is 9.53 Å². The number of aryl methyl sites for hydroxylation is 2. The van der Waals surface area contributed by atoms with Crippen molar-refractivity contribution in [3.63, 3.8) is 0 Å². The minimum atomic E-state index is -0.106. The number of carbonyl (C=O) groups is 1. The van der Waals surface area contributed by atoms with Gasteiger partial charge >= 0.3 is 0 Å². The highest BCUT2D eigenvalue weighted by Crippen LogP contribution is 2.17. The average molecular weight is 414 g/mol. The van der Waals surface area contributed by atoms with E-state index in [9.17, 15) is 4.79 Å². The molecule has 1 heterocycles. The van der Waals surface area contributed by atoms with Gasteiger partial charge in [0.1, 0.15) is 18.2 Å². The van der Waals surface area contributed by atoms with E-state index in [0.717, 1.165) is 34.6 Å². The second-order valence-electron chi connectivity index (χ2n) is 7.56. The molecule has 1 N–H and O–H groups in total. The Morgan fingerprint density at radius 2 is 1.74 bits per heavy atom. The second kappa shape index (κ2) is 9.47. The lowest BCUT2D eigenvalue weighted by molar-refractivity contribution is 0.0949. The summed E-state index contributed by atoms with van der Waals surface area (Å²) in [6, 6.07) is 23.8. The molecule has 4 rings (SSSR count). The predicted octanol–water partition coefficient (Wildman–Crippen LogP) is 4.92. The van der Waals surface area contributed by atoms with Gasteiger partial charge in [-0.1, -0.05) is 48.9 Å². The van der Waals surface area contributed by atoms with Crippen molar-refractivity contribution in [3.8, 4) is 5.75 Å². The average Bonchev–Trinajstić information content (AvgIpc) is 3.16. The van der Waals surface area contributed by atoms with E-state index < -0.39 is 0 Å². The van der Waals surface area contributed by atoms with Crippen LogP contribution in [0.1, 0.15) is 34.2 Å². The first kappa shape index (κ1) is 20.7. The molecule has 0 radical (unpaired) electrons. The van der Waals surface area contributed by atoms with Crippen molar-refractivity contribution in [3.05, 3.63) is 95.3 Å². The summed E-state index contributed by atoms with van der Waals surface area (Å²) in [5.74, 6) is 1.56. The van der Waals surface area contributed by atoms with Crippen LogP contribution in [0.15, 0.2) is 72.8 Å². The zero-order valence-corrected chi connectivity index (χ0v) is 18.0. The Kier molecular flexibility index (Phi) is 6.32. The third-order valence-corrected chi connectivity index (χ3v) is 5.37. The van der Waals surface area contributed by atoms with Crippen molar-refractivity contribution in [1.29, 1.82) is 0 Å². The van der Waals surface area contributed by atoms with Crippen LogP contribution in [0.4, 0.5) is 0 Å². The zero-order chi connectivity index (χ0) is 21.6. The highest BCUT2D eigenvalue weighted by Gasteiger charge is 2.12. The topological polar surface area (TPSA) is 56.1 Å². The van der Waals surface area contributed by atoms with E-state index in [-0.39, 0.29) is 5.91 Å². The molecule has 0 atom stereocenters. The Balaban J connectivity index is 1.46. The smallest absolute Gasteiger partial charge is 0.251 e. The molecule has 0 saturated carbocycles. The van der Waals surface area contributed by atoms with E-state index in [2.05, 4.69) is 28.9 Å². The van der Waals surface area contributed by atoms with Crippen LogP contribution in [0.3, 0.4) is 0 Å². The quantitative estimate of drug-likeness (QED) is 0.446. The number of nitrogens with zero attached hydrogens (tertiary/aromatic N) is 2. The van der Waals surface area contributed by atoms with Gasteiger partial charge in [0.15, 0.2) is 0 Å². The van der Waals surface area contributed by atoms with Crippen LogP contribution in [0.25, 0.3) is 11.0 Å². The third-order valence-electron chi connectivity index (χ3n) is 5.37. The zero-order valence-electron chi connectivity index (χ0n) is 18.0. The molecule has 0 bridgehead atoms. The van der Waals surface area contributed by atoms with Crippen molar-refractivity contribution >= 4 is 16.9 Å². The van der Waals surface area contributed by atoms with Gasteiger partial charge < -0.3 is 14.6 Å². The largest absolute Gasteiger partial charge is 0.492 e. The fourth-order valence-corrected chi connectivity index (χ4v) is 3.55. The van der Waals surface area contributed by atoms with Crippen LogP contribution in [0.2, 0.25) is 0 Å². The van der Waals surface area contributed by atoms with E-state index in [0.29, 0.717) is 25.3 Å². The minimum absolute atomic E-state index is 0.106. The fourth-order valence-electron chi connectivity index (χ4n) is 3.55. The highest BCUT2D eigenvalue weighted by atomic mass is 16.5. The number of benzene rings is 3. The number of nitrogens with one attached hydrogen (secondary N) is 1. The van der Waals surface area contributed by atoms with E-state index >= 15 is 0 Å². The standard InChI is InChI=1S/C26H27N3O2/c1-3-20-10-14-22(15-11-20)31-17-16-29-24-7-5-4-6-23(24)28-25(29)18-27-26(30)21-12-8-19(2)9-13-21/h4-15H,3,16-18H2,1-2H3,(H,27,30). The Bertz CT molecular complexity index is 1160. The lowest BCUT2D eigenvalue weighted by Crippen LogP contribution is -2.25. The number of hydrogen-bond acceptors (Lipinski definition) is 3. The van der Waals surface area contributed by atoms with Crippen LogP contribution in [-0.4, -0.2) is 22.1 Å². The molecule has 3 aromatic carbocycles. The van der Waals surface area contributed by atoms with Crippen molar-refractivity contribution in [2.75, 3.05) is 6.61 Å². The Morgan fingerprint density at radius 3 is 2.48 bits per heavy atom. The molecule has 4 aromatic rings. The SMILES string of the molecule is CCc1ccc(OCCn2c(CNC(=O)c3ccc(C)cc3)nc3ccccc32)cc1. The number of imidazole rings is 1. The first-order valence-electron chi connectivity index (χ1n) is 10.6. The molecule has 0 spiro atoms. The van der Waals surface area contributed by atoms with Crippen LogP contribution >= 0.6 is 0 Å². The molecule has 5 nitrogen and oxygen atoms in total. The molecule has 0 aliphatic rings. The number of rotatable bonds is 8. The van der Waals surface area contributed by atoms with E-state index in [4.69, 9.17) is 9.72 Å². The van der Waals surface area contributed by atoms with Crippen LogP contribution in [0, 0.1) is 6.92 Å². The van der Waals surface area contributed by atoms with Gasteiger partial charge in [-0.25, -0.2) is 4.98 Å². The van der Waals surface area contributed by atoms with Crippen LogP contribution in [-0.2, 0) is 19.5 Å². The minimum Gasteiger partial charge on any atom is -0.492 e. The van der Waals surface area contributed by atoms with Gasteiger partial charge in [0.25, 0.3) is 5.91 Å². The Hall–Kier alpha value is -3.60. The van der Waals surface area contributed by atoms with Crippen molar-refractivity contribution in [2.24, 2.45) is 0 Å². The number of ether oxygens (including phenoxy) is 1. The van der Waals surface area contributed by atoms with Crippen LogP contribution in [0.5, 0.6) is 5.75 Å². The number of aromatic nitrogens is 2. The van der Waals surface area contributed by atoms with Gasteiger partial charge in [0, 0.05) is 5.56 Å². The Morgan fingerprint density at radius 1 is 1.00 bits per heavy atom. The number of hydrogen-bond donors (Lipinski definition) is 1. The van der Waals surface area contributed by atoms with E-state index in [1.807, 2.05) is 67.6 Å². The van der Waals surface area contributed by atoms with Gasteiger partial charge in [0.05, 0.1) is 24.1 Å². The van der Waals surface area contributed by atoms with Crippen molar-refractivity contribution in [1.82, 2.24) is 14.9 Å². The fraction of sp³-hybridized carbons (Fsp3) is 0.231. The Labute approximate surface area is 182 Å². The number of fused-ring (bicyclic) bond motifs is 1. The van der Waals surface area contributed by atoms with E-state index in [1.165, 1.54) is 5.56 Å². The first-order chi connectivity index (χ1) is 15.1. The molecular weight excluding hydrogens is 386 g/mol. The summed E-state index contributed by atoms with van der Waals surface area (Å²) < 4.78 is 8.07. The van der Waals surface area contributed by atoms with Gasteiger partial charge in [-0.2, -0.15) is 0 Å². The normalized spacial score (nSPS) is 10.9. The number of para-hydroxylation sites is 2. The molecule has 0 fully saturated rings. The van der Waals surface area contributed by atoms with Gasteiger partial charge in [0.2, 0.25) is 0 Å². The summed E-state index contributed by atoms with van der Waals surface area (Å²) in [7, 11) is 0. The van der Waals surface area contributed by atoms with Gasteiger partial charge in [-0.3, -0.25) is 4.79 Å². The summed E-state index contributed by atoms with van der Waals surface area (Å²) >= 11 is 0. The molecule has 5 heteroatoms. The van der Waals surface area contributed by atoms with Crippen LogP contribution < -0.4 is 10.1 Å². The first-order valence-corrected chi connectivity index (χ1v) is 10.6. The lowest BCUT2D eigenvalue weighted by atomic mass is 10.1.